The number of aromatic nitrogens is 1. The highest BCUT2D eigenvalue weighted by Gasteiger charge is 2.07. The van der Waals surface area contributed by atoms with Crippen LogP contribution in [0.5, 0.6) is 0 Å². The Labute approximate surface area is 115 Å². The van der Waals surface area contributed by atoms with Crippen LogP contribution < -0.4 is 5.56 Å². The van der Waals surface area contributed by atoms with E-state index in [4.69, 9.17) is 11.6 Å². The van der Waals surface area contributed by atoms with Gasteiger partial charge in [0.1, 0.15) is 0 Å². The lowest BCUT2D eigenvalue weighted by Gasteiger charge is -2.10. The van der Waals surface area contributed by atoms with Crippen molar-refractivity contribution in [2.75, 3.05) is 0 Å². The molecule has 0 N–H and O–H groups in total. The molecule has 0 aliphatic heterocycles. The Morgan fingerprint density at radius 1 is 1.00 bits per heavy atom. The van der Waals surface area contributed by atoms with Crippen LogP contribution in [0, 0.1) is 6.92 Å². The van der Waals surface area contributed by atoms with Gasteiger partial charge in [-0.1, -0.05) is 35.9 Å². The quantitative estimate of drug-likeness (QED) is 0.656. The van der Waals surface area contributed by atoms with E-state index in [0.717, 1.165) is 16.6 Å². The molecule has 0 unspecified atom stereocenters. The van der Waals surface area contributed by atoms with Gasteiger partial charge in [-0.25, -0.2) is 0 Å². The molecule has 0 radical (unpaired) electrons. The third-order valence-corrected chi connectivity index (χ3v) is 3.45. The summed E-state index contributed by atoms with van der Waals surface area (Å²) in [5.41, 5.74) is 1.86. The zero-order chi connectivity index (χ0) is 13.4. The van der Waals surface area contributed by atoms with Gasteiger partial charge in [-0.15, -0.1) is 0 Å². The van der Waals surface area contributed by atoms with Crippen LogP contribution in [0.3, 0.4) is 0 Å². The molecule has 0 aliphatic rings. The van der Waals surface area contributed by atoms with Gasteiger partial charge in [0.2, 0.25) is 0 Å². The molecule has 0 aliphatic carbocycles. The minimum atomic E-state index is -0.0469. The standard InChI is InChI=1S/C16H12ClNO/c1-11-10-18(13-5-3-2-4-6-13)16(19)15-9-12(17)7-8-14(11)15/h2-10H,1H3. The summed E-state index contributed by atoms with van der Waals surface area (Å²) in [6.45, 7) is 2.00. The van der Waals surface area contributed by atoms with Crippen molar-refractivity contribution in [2.45, 2.75) is 6.92 Å². The van der Waals surface area contributed by atoms with Gasteiger partial charge in [0.05, 0.1) is 0 Å². The fourth-order valence-corrected chi connectivity index (χ4v) is 2.44. The van der Waals surface area contributed by atoms with E-state index in [0.29, 0.717) is 10.4 Å². The van der Waals surface area contributed by atoms with Gasteiger partial charge in [-0.3, -0.25) is 9.36 Å². The van der Waals surface area contributed by atoms with E-state index in [2.05, 4.69) is 0 Å². The summed E-state index contributed by atoms with van der Waals surface area (Å²) in [5, 5.41) is 2.17. The highest BCUT2D eigenvalue weighted by Crippen LogP contribution is 2.20. The first-order valence-electron chi connectivity index (χ1n) is 6.04. The smallest absolute Gasteiger partial charge is 0.263 e. The van der Waals surface area contributed by atoms with Crippen LogP contribution in [-0.2, 0) is 0 Å². The third-order valence-electron chi connectivity index (χ3n) is 3.21. The molecule has 0 saturated carbocycles. The van der Waals surface area contributed by atoms with E-state index in [9.17, 15) is 4.79 Å². The van der Waals surface area contributed by atoms with Crippen LogP contribution in [0.4, 0.5) is 0 Å². The second kappa shape index (κ2) is 4.56. The van der Waals surface area contributed by atoms with Crippen molar-refractivity contribution in [3.05, 3.63) is 75.7 Å². The number of fused-ring (bicyclic) bond motifs is 1. The Hall–Kier alpha value is -2.06. The van der Waals surface area contributed by atoms with Crippen LogP contribution in [-0.4, -0.2) is 4.57 Å². The maximum atomic E-state index is 12.5. The molecule has 2 nitrogen and oxygen atoms in total. The first-order chi connectivity index (χ1) is 9.16. The number of hydrogen-bond acceptors (Lipinski definition) is 1. The fraction of sp³-hybridized carbons (Fsp3) is 0.0625. The van der Waals surface area contributed by atoms with Crippen molar-refractivity contribution in [1.82, 2.24) is 4.57 Å². The molecule has 0 bridgehead atoms. The lowest BCUT2D eigenvalue weighted by Crippen LogP contribution is -2.18. The number of pyridine rings is 1. The van der Waals surface area contributed by atoms with Gasteiger partial charge in [0.25, 0.3) is 5.56 Å². The van der Waals surface area contributed by atoms with E-state index in [-0.39, 0.29) is 5.56 Å². The molecule has 2 aromatic carbocycles. The van der Waals surface area contributed by atoms with Crippen molar-refractivity contribution in [1.29, 1.82) is 0 Å². The maximum absolute atomic E-state index is 12.5. The van der Waals surface area contributed by atoms with E-state index in [1.165, 1.54) is 0 Å². The monoisotopic (exact) mass is 269 g/mol. The van der Waals surface area contributed by atoms with Crippen LogP contribution in [0.15, 0.2) is 59.5 Å². The van der Waals surface area contributed by atoms with Gasteiger partial charge >= 0.3 is 0 Å². The van der Waals surface area contributed by atoms with E-state index in [1.54, 1.807) is 10.6 Å². The van der Waals surface area contributed by atoms with Crippen molar-refractivity contribution in [2.24, 2.45) is 0 Å². The fourth-order valence-electron chi connectivity index (χ4n) is 2.27. The number of rotatable bonds is 1. The highest BCUT2D eigenvalue weighted by atomic mass is 35.5. The second-order valence-corrected chi connectivity index (χ2v) is 4.95. The average Bonchev–Trinajstić information content (AvgIpc) is 2.43. The Kier molecular flexibility index (Phi) is 2.88. The topological polar surface area (TPSA) is 22.0 Å². The van der Waals surface area contributed by atoms with Gasteiger partial charge in [-0.05, 0) is 42.1 Å². The zero-order valence-corrected chi connectivity index (χ0v) is 11.2. The normalized spacial score (nSPS) is 10.8. The number of hydrogen-bond donors (Lipinski definition) is 0. The molecule has 0 saturated heterocycles. The highest BCUT2D eigenvalue weighted by molar-refractivity contribution is 6.31. The Morgan fingerprint density at radius 2 is 1.74 bits per heavy atom. The van der Waals surface area contributed by atoms with E-state index in [1.807, 2.05) is 55.6 Å². The van der Waals surface area contributed by atoms with Crippen LogP contribution >= 0.6 is 11.6 Å². The van der Waals surface area contributed by atoms with Crippen molar-refractivity contribution in [3.8, 4) is 5.69 Å². The summed E-state index contributed by atoms with van der Waals surface area (Å²) < 4.78 is 1.66. The largest absolute Gasteiger partial charge is 0.284 e. The predicted molar refractivity (Wildman–Crippen MR) is 79.3 cm³/mol. The number of para-hydroxylation sites is 1. The first-order valence-corrected chi connectivity index (χ1v) is 6.41. The predicted octanol–water partition coefficient (Wildman–Crippen LogP) is 3.95. The van der Waals surface area contributed by atoms with E-state index < -0.39 is 0 Å². The molecule has 3 heteroatoms. The molecule has 19 heavy (non-hydrogen) atoms. The first kappa shape index (κ1) is 12.0. The molecule has 0 spiro atoms. The average molecular weight is 270 g/mol. The molecule has 3 aromatic rings. The molecule has 3 rings (SSSR count). The van der Waals surface area contributed by atoms with Gasteiger partial charge in [0, 0.05) is 22.3 Å². The van der Waals surface area contributed by atoms with Crippen LogP contribution in [0.1, 0.15) is 5.56 Å². The van der Waals surface area contributed by atoms with Crippen molar-refractivity contribution in [3.63, 3.8) is 0 Å². The summed E-state index contributed by atoms with van der Waals surface area (Å²) in [7, 11) is 0. The minimum Gasteiger partial charge on any atom is -0.284 e. The zero-order valence-electron chi connectivity index (χ0n) is 10.4. The Morgan fingerprint density at radius 3 is 2.47 bits per heavy atom. The molecule has 1 aromatic heterocycles. The lowest BCUT2D eigenvalue weighted by molar-refractivity contribution is 0.997. The number of nitrogens with zero attached hydrogens (tertiary/aromatic N) is 1. The summed E-state index contributed by atoms with van der Waals surface area (Å²) in [6, 6.07) is 15.0. The summed E-state index contributed by atoms with van der Waals surface area (Å²) in [4.78, 5) is 12.5. The molecule has 94 valence electrons. The molecular formula is C16H12ClNO. The SMILES string of the molecule is Cc1cn(-c2ccccc2)c(=O)c2cc(Cl)ccc12. The molecule has 0 fully saturated rings. The molecule has 0 amide bonds. The minimum absolute atomic E-state index is 0.0469. The van der Waals surface area contributed by atoms with Crippen LogP contribution in [0.25, 0.3) is 16.5 Å². The van der Waals surface area contributed by atoms with Crippen molar-refractivity contribution >= 4 is 22.4 Å². The summed E-state index contributed by atoms with van der Waals surface area (Å²) in [5.74, 6) is 0. The Balaban J connectivity index is 2.40. The van der Waals surface area contributed by atoms with Gasteiger partial charge in [-0.2, -0.15) is 0 Å². The Bertz CT molecular complexity index is 806. The second-order valence-electron chi connectivity index (χ2n) is 4.51. The van der Waals surface area contributed by atoms with Gasteiger partial charge in [0.15, 0.2) is 0 Å². The third kappa shape index (κ3) is 2.04. The summed E-state index contributed by atoms with van der Waals surface area (Å²) in [6.07, 6.45) is 1.87. The lowest BCUT2D eigenvalue weighted by atomic mass is 10.1. The summed E-state index contributed by atoms with van der Waals surface area (Å²) >= 11 is 5.99. The number of benzene rings is 2. The van der Waals surface area contributed by atoms with E-state index >= 15 is 0 Å². The van der Waals surface area contributed by atoms with Gasteiger partial charge < -0.3 is 0 Å². The number of aryl methyl sites for hydroxylation is 1. The maximum Gasteiger partial charge on any atom is 0.263 e. The van der Waals surface area contributed by atoms with Crippen LogP contribution in [0.2, 0.25) is 5.02 Å². The molecule has 1 heterocycles. The van der Waals surface area contributed by atoms with Crippen molar-refractivity contribution < 1.29 is 0 Å². The number of halogens is 1. The molecule has 0 atom stereocenters. The molecular weight excluding hydrogens is 258 g/mol.